The topological polar surface area (TPSA) is 101 Å². The quantitative estimate of drug-likeness (QED) is 0.277. The molecule has 0 saturated heterocycles. The lowest BCUT2D eigenvalue weighted by Crippen LogP contribution is -2.36. The van der Waals surface area contributed by atoms with Crippen molar-refractivity contribution in [3.05, 3.63) is 88.0 Å². The van der Waals surface area contributed by atoms with Crippen LogP contribution in [0.2, 0.25) is 5.02 Å². The van der Waals surface area contributed by atoms with Crippen LogP contribution in [0.3, 0.4) is 0 Å². The van der Waals surface area contributed by atoms with Gasteiger partial charge in [-0.25, -0.2) is 4.68 Å². The Labute approximate surface area is 214 Å². The van der Waals surface area contributed by atoms with Crippen LogP contribution in [0.5, 0.6) is 5.75 Å². The number of anilines is 2. The molecule has 178 valence electrons. The van der Waals surface area contributed by atoms with Crippen molar-refractivity contribution in [1.82, 2.24) is 4.68 Å². The number of hydrogen-bond donors (Lipinski definition) is 3. The van der Waals surface area contributed by atoms with E-state index < -0.39 is 17.7 Å². The molecule has 35 heavy (non-hydrogen) atoms. The summed E-state index contributed by atoms with van der Waals surface area (Å²) in [6, 6.07) is 20.4. The minimum Gasteiger partial charge on any atom is -0.492 e. The number of fused-ring (bicyclic) bond motifs is 1. The molecule has 0 saturated carbocycles. The molecular weight excluding hydrogens is 536 g/mol. The van der Waals surface area contributed by atoms with Crippen molar-refractivity contribution in [2.24, 2.45) is 0 Å². The van der Waals surface area contributed by atoms with Gasteiger partial charge in [-0.05, 0) is 61.5 Å². The summed E-state index contributed by atoms with van der Waals surface area (Å²) in [5, 5.41) is 6.44. The Hall–Kier alpha value is -3.82. The average molecular weight is 556 g/mol. The largest absolute Gasteiger partial charge is 0.492 e. The van der Waals surface area contributed by atoms with Crippen LogP contribution < -0.4 is 20.8 Å². The number of hydrogen-bond acceptors (Lipinski definition) is 4. The van der Waals surface area contributed by atoms with Gasteiger partial charge < -0.3 is 15.4 Å². The summed E-state index contributed by atoms with van der Waals surface area (Å²) in [6.07, 6.45) is 0. The smallest absolute Gasteiger partial charge is 0.328 e. The molecule has 1 heterocycles. The molecule has 0 atom stereocenters. The van der Waals surface area contributed by atoms with Crippen LogP contribution in [0.15, 0.2) is 77.3 Å². The fraction of sp³-hybridized carbons (Fsp3) is 0.0800. The highest BCUT2D eigenvalue weighted by Gasteiger charge is 2.22. The molecular formula is C25H20BrClN4O4. The van der Waals surface area contributed by atoms with Crippen LogP contribution in [0.4, 0.5) is 11.4 Å². The summed E-state index contributed by atoms with van der Waals surface area (Å²) in [5.41, 5.74) is 4.01. The van der Waals surface area contributed by atoms with Crippen LogP contribution in [0.25, 0.3) is 10.9 Å². The average Bonchev–Trinajstić information content (AvgIpc) is 3.17. The van der Waals surface area contributed by atoms with Crippen molar-refractivity contribution in [1.29, 1.82) is 0 Å². The lowest BCUT2D eigenvalue weighted by Gasteiger charge is -2.14. The molecule has 10 heteroatoms. The number of ether oxygens (including phenoxy) is 1. The van der Waals surface area contributed by atoms with E-state index in [1.54, 1.807) is 72.8 Å². The van der Waals surface area contributed by atoms with Gasteiger partial charge in [0, 0.05) is 20.6 Å². The van der Waals surface area contributed by atoms with Gasteiger partial charge in [0.25, 0.3) is 5.91 Å². The van der Waals surface area contributed by atoms with Crippen molar-refractivity contribution < 1.29 is 19.1 Å². The Morgan fingerprint density at radius 1 is 0.943 bits per heavy atom. The highest BCUT2D eigenvalue weighted by atomic mass is 79.9. The fourth-order valence-corrected chi connectivity index (χ4v) is 3.99. The lowest BCUT2D eigenvalue weighted by molar-refractivity contribution is -0.133. The predicted octanol–water partition coefficient (Wildman–Crippen LogP) is 5.42. The van der Waals surface area contributed by atoms with Gasteiger partial charge in [0.15, 0.2) is 0 Å². The zero-order chi connectivity index (χ0) is 24.9. The Kier molecular flexibility index (Phi) is 7.38. The fourth-order valence-electron chi connectivity index (χ4n) is 3.42. The SMILES string of the molecule is CCOc1ccccc1NC(=O)C(=O)Nn1c(C(=O)Nc2cccc(Cl)c2)cc2cc(Br)ccc21. The van der Waals surface area contributed by atoms with Crippen LogP contribution >= 0.6 is 27.5 Å². The van der Waals surface area contributed by atoms with Gasteiger partial charge in [-0.15, -0.1) is 0 Å². The number of carbonyl (C=O) groups is 3. The molecule has 0 aliphatic carbocycles. The predicted molar refractivity (Wildman–Crippen MR) is 140 cm³/mol. The maximum absolute atomic E-state index is 13.1. The third-order valence-electron chi connectivity index (χ3n) is 4.93. The highest BCUT2D eigenvalue weighted by Crippen LogP contribution is 2.25. The van der Waals surface area contributed by atoms with E-state index in [1.807, 2.05) is 6.92 Å². The number of benzene rings is 3. The zero-order valence-corrected chi connectivity index (χ0v) is 20.8. The maximum Gasteiger partial charge on any atom is 0.328 e. The van der Waals surface area contributed by atoms with E-state index >= 15 is 0 Å². The van der Waals surface area contributed by atoms with E-state index in [4.69, 9.17) is 16.3 Å². The van der Waals surface area contributed by atoms with Gasteiger partial charge >= 0.3 is 11.8 Å². The van der Waals surface area contributed by atoms with Gasteiger partial charge in [0.05, 0.1) is 17.8 Å². The van der Waals surface area contributed by atoms with Gasteiger partial charge in [-0.1, -0.05) is 45.7 Å². The second kappa shape index (κ2) is 10.6. The molecule has 0 bridgehead atoms. The number of amides is 3. The summed E-state index contributed by atoms with van der Waals surface area (Å²) < 4.78 is 7.56. The van der Waals surface area contributed by atoms with E-state index in [9.17, 15) is 14.4 Å². The van der Waals surface area contributed by atoms with Gasteiger partial charge in [-0.2, -0.15) is 0 Å². The third-order valence-corrected chi connectivity index (χ3v) is 5.66. The first kappa shape index (κ1) is 24.3. The van der Waals surface area contributed by atoms with Gasteiger partial charge in [-0.3, -0.25) is 19.8 Å². The molecule has 1 aromatic heterocycles. The number of nitrogens with zero attached hydrogens (tertiary/aromatic N) is 1. The van der Waals surface area contributed by atoms with E-state index in [0.717, 1.165) is 4.47 Å². The minimum absolute atomic E-state index is 0.119. The monoisotopic (exact) mass is 554 g/mol. The van der Waals surface area contributed by atoms with Crippen molar-refractivity contribution in [2.45, 2.75) is 6.92 Å². The number of halogens is 2. The molecule has 8 nitrogen and oxygen atoms in total. The van der Waals surface area contributed by atoms with E-state index in [2.05, 4.69) is 32.0 Å². The van der Waals surface area contributed by atoms with E-state index in [-0.39, 0.29) is 5.69 Å². The van der Waals surface area contributed by atoms with Gasteiger partial charge in [0.1, 0.15) is 11.4 Å². The number of carbonyl (C=O) groups excluding carboxylic acids is 3. The first-order valence-corrected chi connectivity index (χ1v) is 11.7. The first-order chi connectivity index (χ1) is 16.9. The zero-order valence-electron chi connectivity index (χ0n) is 18.5. The van der Waals surface area contributed by atoms with Crippen molar-refractivity contribution in [2.75, 3.05) is 22.7 Å². The summed E-state index contributed by atoms with van der Waals surface area (Å²) in [7, 11) is 0. The van der Waals surface area contributed by atoms with E-state index in [0.29, 0.717) is 39.7 Å². The molecule has 0 aliphatic heterocycles. The molecule has 3 N–H and O–H groups in total. The summed E-state index contributed by atoms with van der Waals surface area (Å²) >= 11 is 9.42. The minimum atomic E-state index is -0.964. The molecule has 0 unspecified atom stereocenters. The summed E-state index contributed by atoms with van der Waals surface area (Å²) in [4.78, 5) is 38.6. The molecule has 4 rings (SSSR count). The van der Waals surface area contributed by atoms with E-state index in [1.165, 1.54) is 4.68 Å². The standard InChI is InChI=1S/C25H20BrClN4O4/c1-2-35-22-9-4-3-8-19(22)29-24(33)25(34)30-31-20-11-10-16(26)12-15(20)13-21(31)23(32)28-18-7-5-6-17(27)14-18/h3-14H,2H2,1H3,(H,28,32)(H,29,33)(H,30,34). The highest BCUT2D eigenvalue weighted by molar-refractivity contribution is 9.10. The second-order valence-corrected chi connectivity index (χ2v) is 8.71. The Morgan fingerprint density at radius 2 is 1.74 bits per heavy atom. The second-order valence-electron chi connectivity index (χ2n) is 7.36. The summed E-state index contributed by atoms with van der Waals surface area (Å²) in [5.74, 6) is -1.94. The Bertz CT molecular complexity index is 1440. The number of aromatic nitrogens is 1. The Morgan fingerprint density at radius 3 is 2.51 bits per heavy atom. The van der Waals surface area contributed by atoms with Crippen LogP contribution in [0, 0.1) is 0 Å². The number of nitrogens with one attached hydrogen (secondary N) is 3. The third kappa shape index (κ3) is 5.64. The van der Waals surface area contributed by atoms with Crippen LogP contribution in [0.1, 0.15) is 17.4 Å². The van der Waals surface area contributed by atoms with Crippen LogP contribution in [-0.2, 0) is 9.59 Å². The van der Waals surface area contributed by atoms with Gasteiger partial charge in [0.2, 0.25) is 0 Å². The molecule has 0 radical (unpaired) electrons. The first-order valence-electron chi connectivity index (χ1n) is 10.6. The molecule has 0 spiro atoms. The number of rotatable bonds is 6. The Balaban J connectivity index is 1.62. The summed E-state index contributed by atoms with van der Waals surface area (Å²) in [6.45, 7) is 2.21. The molecule has 3 amide bonds. The molecule has 0 fully saturated rings. The molecule has 0 aliphatic rings. The van der Waals surface area contributed by atoms with Crippen LogP contribution in [-0.4, -0.2) is 29.0 Å². The molecule has 3 aromatic carbocycles. The van der Waals surface area contributed by atoms with Crippen molar-refractivity contribution in [3.63, 3.8) is 0 Å². The maximum atomic E-state index is 13.1. The molecule has 4 aromatic rings. The lowest BCUT2D eigenvalue weighted by atomic mass is 10.2. The normalized spacial score (nSPS) is 10.6. The van der Waals surface area contributed by atoms with Crippen molar-refractivity contribution in [3.8, 4) is 5.75 Å². The number of para-hydroxylation sites is 2. The van der Waals surface area contributed by atoms with Crippen molar-refractivity contribution >= 4 is 67.5 Å².